The van der Waals surface area contributed by atoms with E-state index in [1.165, 1.54) is 0 Å². The van der Waals surface area contributed by atoms with E-state index in [9.17, 15) is 22.4 Å². The third-order valence-corrected chi connectivity index (χ3v) is 3.63. The van der Waals surface area contributed by atoms with E-state index in [1.807, 2.05) is 4.72 Å². The predicted octanol–water partition coefficient (Wildman–Crippen LogP) is -0.322. The van der Waals surface area contributed by atoms with Crippen molar-refractivity contribution < 1.29 is 27.5 Å². The molecule has 1 rings (SSSR count). The van der Waals surface area contributed by atoms with Crippen molar-refractivity contribution in [2.75, 3.05) is 6.54 Å². The maximum atomic E-state index is 13.5. The number of carbonyl (C=O) groups is 2. The molecular formula is C10H11FN2O5S. The van der Waals surface area contributed by atoms with Gasteiger partial charge in [-0.1, -0.05) is 0 Å². The summed E-state index contributed by atoms with van der Waals surface area (Å²) in [5.41, 5.74) is 4.46. The zero-order valence-corrected chi connectivity index (χ0v) is 10.4. The molecule has 7 nitrogen and oxygen atoms in total. The standard InChI is InChI=1S/C10H11FN2O5S/c11-7-5-6(10(15)16)1-2-8(7)19(17,18)13-4-3-9(12)14/h1-2,5,13H,3-4H2,(H2,12,14)(H,15,16). The highest BCUT2D eigenvalue weighted by Gasteiger charge is 2.20. The van der Waals surface area contributed by atoms with Crippen LogP contribution in [0, 0.1) is 5.82 Å². The SMILES string of the molecule is NC(=O)CCNS(=O)(=O)c1ccc(C(=O)O)cc1F. The lowest BCUT2D eigenvalue weighted by atomic mass is 10.2. The average Bonchev–Trinajstić information content (AvgIpc) is 2.27. The molecule has 9 heteroatoms. The largest absolute Gasteiger partial charge is 0.478 e. The summed E-state index contributed by atoms with van der Waals surface area (Å²) in [7, 11) is -4.15. The Morgan fingerprint density at radius 2 is 2.00 bits per heavy atom. The van der Waals surface area contributed by atoms with E-state index >= 15 is 0 Å². The van der Waals surface area contributed by atoms with Gasteiger partial charge >= 0.3 is 5.97 Å². The second kappa shape index (κ2) is 5.76. The van der Waals surface area contributed by atoms with Crippen LogP contribution < -0.4 is 10.5 Å². The summed E-state index contributed by atoms with van der Waals surface area (Å²) in [6.45, 7) is -0.266. The Hall–Kier alpha value is -2.00. The first-order valence-electron chi connectivity index (χ1n) is 5.05. The maximum Gasteiger partial charge on any atom is 0.335 e. The third-order valence-electron chi connectivity index (χ3n) is 2.13. The smallest absolute Gasteiger partial charge is 0.335 e. The predicted molar refractivity (Wildman–Crippen MR) is 62.4 cm³/mol. The van der Waals surface area contributed by atoms with Gasteiger partial charge < -0.3 is 10.8 Å². The number of carboxylic acid groups (broad SMARTS) is 1. The number of carboxylic acids is 1. The zero-order valence-electron chi connectivity index (χ0n) is 9.59. The van der Waals surface area contributed by atoms with Gasteiger partial charge in [0.15, 0.2) is 0 Å². The highest BCUT2D eigenvalue weighted by atomic mass is 32.2. The molecular weight excluding hydrogens is 279 g/mol. The third kappa shape index (κ3) is 4.00. The quantitative estimate of drug-likeness (QED) is 0.661. The molecule has 19 heavy (non-hydrogen) atoms. The summed E-state index contributed by atoms with van der Waals surface area (Å²) in [5, 5.41) is 8.62. The summed E-state index contributed by atoms with van der Waals surface area (Å²) in [6, 6.07) is 2.41. The van der Waals surface area contributed by atoms with E-state index in [1.54, 1.807) is 0 Å². The number of nitrogens with one attached hydrogen (secondary N) is 1. The summed E-state index contributed by atoms with van der Waals surface area (Å²) >= 11 is 0. The molecule has 0 aliphatic carbocycles. The molecule has 0 heterocycles. The fourth-order valence-electron chi connectivity index (χ4n) is 1.24. The molecule has 1 amide bonds. The van der Waals surface area contributed by atoms with Crippen LogP contribution in [0.5, 0.6) is 0 Å². The van der Waals surface area contributed by atoms with Gasteiger partial charge in [0.25, 0.3) is 0 Å². The van der Waals surface area contributed by atoms with E-state index in [0.717, 1.165) is 12.1 Å². The average molecular weight is 290 g/mol. The van der Waals surface area contributed by atoms with Crippen molar-refractivity contribution in [3.8, 4) is 0 Å². The molecule has 0 unspecified atom stereocenters. The van der Waals surface area contributed by atoms with Crippen LogP contribution in [0.2, 0.25) is 0 Å². The molecule has 0 atom stereocenters. The van der Waals surface area contributed by atoms with Crippen LogP contribution in [0.4, 0.5) is 4.39 Å². The Morgan fingerprint density at radius 1 is 1.37 bits per heavy atom. The molecule has 1 aromatic carbocycles. The lowest BCUT2D eigenvalue weighted by molar-refractivity contribution is -0.117. The van der Waals surface area contributed by atoms with E-state index < -0.39 is 32.6 Å². The number of aromatic carboxylic acids is 1. The van der Waals surface area contributed by atoms with Gasteiger partial charge in [-0.3, -0.25) is 4.79 Å². The van der Waals surface area contributed by atoms with Gasteiger partial charge in [-0.05, 0) is 18.2 Å². The second-order valence-corrected chi connectivity index (χ2v) is 5.30. The minimum Gasteiger partial charge on any atom is -0.478 e. The Bertz CT molecular complexity index is 614. The highest BCUT2D eigenvalue weighted by Crippen LogP contribution is 2.16. The lowest BCUT2D eigenvalue weighted by Crippen LogP contribution is -2.28. The van der Waals surface area contributed by atoms with Gasteiger partial charge in [-0.2, -0.15) is 0 Å². The van der Waals surface area contributed by atoms with Crippen LogP contribution in [0.1, 0.15) is 16.8 Å². The summed E-state index contributed by atoms with van der Waals surface area (Å²) in [5.74, 6) is -3.26. The lowest BCUT2D eigenvalue weighted by Gasteiger charge is -2.07. The summed E-state index contributed by atoms with van der Waals surface area (Å²) in [4.78, 5) is 20.3. The van der Waals surface area contributed by atoms with E-state index in [2.05, 4.69) is 0 Å². The van der Waals surface area contributed by atoms with Crippen molar-refractivity contribution in [3.63, 3.8) is 0 Å². The molecule has 0 bridgehead atoms. The monoisotopic (exact) mass is 290 g/mol. The topological polar surface area (TPSA) is 127 Å². The number of nitrogens with two attached hydrogens (primary N) is 1. The van der Waals surface area contributed by atoms with Crippen molar-refractivity contribution in [1.29, 1.82) is 0 Å². The van der Waals surface area contributed by atoms with Crippen molar-refractivity contribution in [1.82, 2.24) is 4.72 Å². The number of halogens is 1. The molecule has 0 spiro atoms. The molecule has 0 saturated carbocycles. The summed E-state index contributed by atoms with van der Waals surface area (Å²) in [6.07, 6.45) is -0.228. The van der Waals surface area contributed by atoms with Crippen molar-refractivity contribution in [3.05, 3.63) is 29.6 Å². The van der Waals surface area contributed by atoms with Gasteiger partial charge in [-0.15, -0.1) is 0 Å². The molecule has 0 saturated heterocycles. The number of benzene rings is 1. The fourth-order valence-corrected chi connectivity index (χ4v) is 2.33. The normalized spacial score (nSPS) is 11.2. The number of hydrogen-bond donors (Lipinski definition) is 3. The minimum atomic E-state index is -4.15. The Labute approximate surface area is 108 Å². The number of amides is 1. The minimum absolute atomic E-state index is 0.228. The van der Waals surface area contributed by atoms with Gasteiger partial charge in [0.1, 0.15) is 10.7 Å². The van der Waals surface area contributed by atoms with Crippen LogP contribution in [-0.2, 0) is 14.8 Å². The van der Waals surface area contributed by atoms with Crippen LogP contribution in [-0.4, -0.2) is 31.9 Å². The molecule has 0 aromatic heterocycles. The van der Waals surface area contributed by atoms with Gasteiger partial charge in [0.05, 0.1) is 5.56 Å². The van der Waals surface area contributed by atoms with Crippen LogP contribution in [0.15, 0.2) is 23.1 Å². The van der Waals surface area contributed by atoms with Crippen molar-refractivity contribution in [2.45, 2.75) is 11.3 Å². The Balaban J connectivity index is 2.96. The number of primary amides is 1. The molecule has 4 N–H and O–H groups in total. The number of hydrogen-bond acceptors (Lipinski definition) is 4. The maximum absolute atomic E-state index is 13.5. The molecule has 0 radical (unpaired) electrons. The highest BCUT2D eigenvalue weighted by molar-refractivity contribution is 7.89. The first kappa shape index (κ1) is 15.1. The molecule has 0 aliphatic rings. The second-order valence-electron chi connectivity index (χ2n) is 3.56. The first-order chi connectivity index (χ1) is 8.74. The van der Waals surface area contributed by atoms with Crippen LogP contribution in [0.25, 0.3) is 0 Å². The van der Waals surface area contributed by atoms with Gasteiger partial charge in [-0.25, -0.2) is 22.3 Å². The van der Waals surface area contributed by atoms with Gasteiger partial charge in [0.2, 0.25) is 15.9 Å². The zero-order chi connectivity index (χ0) is 14.6. The van der Waals surface area contributed by atoms with Crippen LogP contribution >= 0.6 is 0 Å². The molecule has 0 aliphatic heterocycles. The van der Waals surface area contributed by atoms with E-state index in [-0.39, 0.29) is 18.5 Å². The number of sulfonamides is 1. The number of rotatable bonds is 6. The summed E-state index contributed by atoms with van der Waals surface area (Å²) < 4.78 is 38.8. The number of carbonyl (C=O) groups excluding carboxylic acids is 1. The molecule has 104 valence electrons. The first-order valence-corrected chi connectivity index (χ1v) is 6.53. The fraction of sp³-hybridized carbons (Fsp3) is 0.200. The van der Waals surface area contributed by atoms with Gasteiger partial charge in [0, 0.05) is 13.0 Å². The van der Waals surface area contributed by atoms with Crippen LogP contribution in [0.3, 0.4) is 0 Å². The van der Waals surface area contributed by atoms with Crippen molar-refractivity contribution in [2.24, 2.45) is 5.73 Å². The van der Waals surface area contributed by atoms with E-state index in [4.69, 9.17) is 10.8 Å². The van der Waals surface area contributed by atoms with E-state index in [0.29, 0.717) is 6.07 Å². The molecule has 0 fully saturated rings. The van der Waals surface area contributed by atoms with Crippen molar-refractivity contribution >= 4 is 21.9 Å². The Kier molecular flexibility index (Phi) is 4.57. The molecule has 1 aromatic rings. The Morgan fingerprint density at radius 3 is 2.47 bits per heavy atom.